The average Bonchev–Trinajstić information content (AvgIpc) is 2.53. The van der Waals surface area contributed by atoms with Crippen molar-refractivity contribution in [3.05, 3.63) is 35.4 Å². The van der Waals surface area contributed by atoms with E-state index >= 15 is 0 Å². The molecule has 0 saturated heterocycles. The Morgan fingerprint density at radius 3 is 2.77 bits per heavy atom. The smallest absolute Gasteiger partial charge is 0.335 e. The van der Waals surface area contributed by atoms with Gasteiger partial charge in [-0.3, -0.25) is 4.79 Å². The van der Waals surface area contributed by atoms with Gasteiger partial charge in [-0.1, -0.05) is 44.4 Å². The van der Waals surface area contributed by atoms with Crippen LogP contribution >= 0.6 is 0 Å². The maximum absolute atomic E-state index is 12.1. The van der Waals surface area contributed by atoms with Gasteiger partial charge in [0.25, 0.3) is 0 Å². The first-order valence-electron chi connectivity index (χ1n) is 8.20. The summed E-state index contributed by atoms with van der Waals surface area (Å²) < 4.78 is 0. The average molecular weight is 303 g/mol. The second-order valence-electron chi connectivity index (χ2n) is 6.17. The summed E-state index contributed by atoms with van der Waals surface area (Å²) in [7, 11) is 0. The molecule has 1 aliphatic rings. The van der Waals surface area contributed by atoms with Crippen molar-refractivity contribution in [2.45, 2.75) is 57.9 Å². The predicted molar refractivity (Wildman–Crippen MR) is 85.9 cm³/mol. The molecular formula is C18H25NO3. The number of aromatic carboxylic acids is 1. The van der Waals surface area contributed by atoms with Crippen molar-refractivity contribution in [1.29, 1.82) is 0 Å². The van der Waals surface area contributed by atoms with E-state index in [9.17, 15) is 9.59 Å². The van der Waals surface area contributed by atoms with E-state index < -0.39 is 5.97 Å². The summed E-state index contributed by atoms with van der Waals surface area (Å²) in [5, 5.41) is 12.3. The highest BCUT2D eigenvalue weighted by atomic mass is 16.4. The lowest BCUT2D eigenvalue weighted by molar-refractivity contribution is -0.122. The molecule has 1 aromatic carbocycles. The molecule has 4 heteroatoms. The number of nitrogens with one attached hydrogen (secondary N) is 1. The van der Waals surface area contributed by atoms with Crippen molar-refractivity contribution < 1.29 is 14.7 Å². The largest absolute Gasteiger partial charge is 0.478 e. The summed E-state index contributed by atoms with van der Waals surface area (Å²) in [4.78, 5) is 23.3. The van der Waals surface area contributed by atoms with Crippen LogP contribution in [0.1, 0.15) is 61.4 Å². The molecular weight excluding hydrogens is 278 g/mol. The van der Waals surface area contributed by atoms with Crippen molar-refractivity contribution in [2.75, 3.05) is 0 Å². The first-order chi connectivity index (χ1) is 10.6. The summed E-state index contributed by atoms with van der Waals surface area (Å²) >= 11 is 0. The molecule has 1 saturated carbocycles. The summed E-state index contributed by atoms with van der Waals surface area (Å²) in [6, 6.07) is 7.18. The number of hydrogen-bond acceptors (Lipinski definition) is 2. The molecule has 1 aromatic rings. The van der Waals surface area contributed by atoms with Crippen molar-refractivity contribution in [1.82, 2.24) is 5.32 Å². The number of benzene rings is 1. The molecule has 1 amide bonds. The van der Waals surface area contributed by atoms with E-state index in [0.29, 0.717) is 24.4 Å². The van der Waals surface area contributed by atoms with Gasteiger partial charge in [0.15, 0.2) is 0 Å². The molecule has 2 unspecified atom stereocenters. The van der Waals surface area contributed by atoms with Crippen LogP contribution in [0.2, 0.25) is 0 Å². The number of carbonyl (C=O) groups is 2. The van der Waals surface area contributed by atoms with Crippen LogP contribution < -0.4 is 5.32 Å². The first kappa shape index (κ1) is 16.5. The molecule has 0 heterocycles. The zero-order valence-electron chi connectivity index (χ0n) is 13.2. The Balaban J connectivity index is 1.84. The second kappa shape index (κ2) is 7.97. The molecule has 120 valence electrons. The van der Waals surface area contributed by atoms with Crippen LogP contribution in [0.25, 0.3) is 0 Å². The normalized spacial score (nSPS) is 21.3. The van der Waals surface area contributed by atoms with Crippen molar-refractivity contribution in [3.63, 3.8) is 0 Å². The molecule has 1 aliphatic carbocycles. The van der Waals surface area contributed by atoms with E-state index in [1.54, 1.807) is 18.2 Å². The Morgan fingerprint density at radius 1 is 1.27 bits per heavy atom. The number of carboxylic acid groups (broad SMARTS) is 1. The van der Waals surface area contributed by atoms with Crippen LogP contribution in [0.4, 0.5) is 0 Å². The van der Waals surface area contributed by atoms with Gasteiger partial charge in [0, 0.05) is 12.5 Å². The van der Waals surface area contributed by atoms with Gasteiger partial charge in [-0.2, -0.15) is 0 Å². The Hall–Kier alpha value is -1.84. The third-order valence-corrected chi connectivity index (χ3v) is 4.59. The van der Waals surface area contributed by atoms with Gasteiger partial charge < -0.3 is 10.4 Å². The highest BCUT2D eigenvalue weighted by Gasteiger charge is 2.22. The molecule has 2 N–H and O–H groups in total. The van der Waals surface area contributed by atoms with Gasteiger partial charge >= 0.3 is 5.97 Å². The van der Waals surface area contributed by atoms with Crippen LogP contribution in [-0.4, -0.2) is 23.0 Å². The topological polar surface area (TPSA) is 66.4 Å². The number of carboxylic acids is 1. The molecule has 0 aliphatic heterocycles. The van der Waals surface area contributed by atoms with E-state index in [2.05, 4.69) is 12.2 Å². The summed E-state index contributed by atoms with van der Waals surface area (Å²) in [5.74, 6) is -0.178. The van der Waals surface area contributed by atoms with Gasteiger partial charge in [-0.05, 0) is 36.8 Å². The lowest BCUT2D eigenvalue weighted by Crippen LogP contribution is -2.38. The highest BCUT2D eigenvalue weighted by molar-refractivity contribution is 5.89. The quantitative estimate of drug-likeness (QED) is 0.846. The first-order valence-corrected chi connectivity index (χ1v) is 8.20. The van der Waals surface area contributed by atoms with Crippen LogP contribution in [0, 0.1) is 5.92 Å². The zero-order chi connectivity index (χ0) is 15.9. The van der Waals surface area contributed by atoms with Crippen molar-refractivity contribution >= 4 is 11.9 Å². The Kier molecular flexibility index (Phi) is 5.99. The monoisotopic (exact) mass is 303 g/mol. The number of rotatable bonds is 6. The van der Waals surface area contributed by atoms with Crippen LogP contribution in [0.3, 0.4) is 0 Å². The molecule has 0 aromatic heterocycles. The summed E-state index contributed by atoms with van der Waals surface area (Å²) in [6.07, 6.45) is 6.59. The number of aryl methyl sites for hydroxylation is 1. The van der Waals surface area contributed by atoms with E-state index in [4.69, 9.17) is 5.11 Å². The SMILES string of the molecule is CCC1CCCC(NC(=O)CCc2ccccc2C(=O)O)C1. The minimum atomic E-state index is -0.936. The summed E-state index contributed by atoms with van der Waals surface area (Å²) in [5.41, 5.74) is 1.01. The maximum atomic E-state index is 12.1. The van der Waals surface area contributed by atoms with Gasteiger partial charge in [0.2, 0.25) is 5.91 Å². The van der Waals surface area contributed by atoms with Gasteiger partial charge in [-0.25, -0.2) is 4.79 Å². The third-order valence-electron chi connectivity index (χ3n) is 4.59. The molecule has 1 fully saturated rings. The fourth-order valence-corrected chi connectivity index (χ4v) is 3.29. The fraction of sp³-hybridized carbons (Fsp3) is 0.556. The van der Waals surface area contributed by atoms with Crippen molar-refractivity contribution in [2.24, 2.45) is 5.92 Å². The Morgan fingerprint density at radius 2 is 2.05 bits per heavy atom. The fourth-order valence-electron chi connectivity index (χ4n) is 3.29. The van der Waals surface area contributed by atoms with Crippen LogP contribution in [0.15, 0.2) is 24.3 Å². The van der Waals surface area contributed by atoms with E-state index in [-0.39, 0.29) is 5.91 Å². The van der Waals surface area contributed by atoms with Gasteiger partial charge in [-0.15, -0.1) is 0 Å². The van der Waals surface area contributed by atoms with E-state index in [1.165, 1.54) is 19.3 Å². The molecule has 4 nitrogen and oxygen atoms in total. The molecule has 22 heavy (non-hydrogen) atoms. The highest BCUT2D eigenvalue weighted by Crippen LogP contribution is 2.26. The van der Waals surface area contributed by atoms with Crippen LogP contribution in [0.5, 0.6) is 0 Å². The standard InChI is InChI=1S/C18H25NO3/c1-2-13-6-5-8-15(12-13)19-17(20)11-10-14-7-3-4-9-16(14)18(21)22/h3-4,7,9,13,15H,2,5-6,8,10-12H2,1H3,(H,19,20)(H,21,22). The van der Waals surface area contributed by atoms with Crippen LogP contribution in [-0.2, 0) is 11.2 Å². The minimum absolute atomic E-state index is 0.0296. The molecule has 0 spiro atoms. The minimum Gasteiger partial charge on any atom is -0.478 e. The zero-order valence-corrected chi connectivity index (χ0v) is 13.2. The number of hydrogen-bond donors (Lipinski definition) is 2. The lowest BCUT2D eigenvalue weighted by Gasteiger charge is -2.29. The van der Waals surface area contributed by atoms with E-state index in [0.717, 1.165) is 24.3 Å². The summed E-state index contributed by atoms with van der Waals surface area (Å²) in [6.45, 7) is 2.21. The lowest BCUT2D eigenvalue weighted by atomic mass is 9.84. The third kappa shape index (κ3) is 4.58. The van der Waals surface area contributed by atoms with E-state index in [1.807, 2.05) is 6.07 Å². The van der Waals surface area contributed by atoms with Gasteiger partial charge in [0.05, 0.1) is 5.56 Å². The maximum Gasteiger partial charge on any atom is 0.335 e. The number of amides is 1. The van der Waals surface area contributed by atoms with Gasteiger partial charge in [0.1, 0.15) is 0 Å². The molecule has 2 rings (SSSR count). The molecule has 2 atom stereocenters. The second-order valence-corrected chi connectivity index (χ2v) is 6.17. The molecule has 0 radical (unpaired) electrons. The molecule has 0 bridgehead atoms. The number of carbonyl (C=O) groups excluding carboxylic acids is 1. The predicted octanol–water partition coefficient (Wildman–Crippen LogP) is 3.40. The Labute approximate surface area is 131 Å². The van der Waals surface area contributed by atoms with Crippen molar-refractivity contribution in [3.8, 4) is 0 Å². The Bertz CT molecular complexity index is 527.